The molecule has 0 radical (unpaired) electrons. The van der Waals surface area contributed by atoms with E-state index in [-0.39, 0.29) is 5.92 Å². The third-order valence-corrected chi connectivity index (χ3v) is 4.07. The summed E-state index contributed by atoms with van der Waals surface area (Å²) in [5, 5.41) is 10.7. The Bertz CT molecular complexity index is 592. The van der Waals surface area contributed by atoms with Crippen molar-refractivity contribution in [1.29, 1.82) is 0 Å². The van der Waals surface area contributed by atoms with Crippen LogP contribution >= 0.6 is 0 Å². The van der Waals surface area contributed by atoms with Gasteiger partial charge < -0.3 is 4.90 Å². The summed E-state index contributed by atoms with van der Waals surface area (Å²) >= 11 is 0. The van der Waals surface area contributed by atoms with Crippen LogP contribution in [0.5, 0.6) is 0 Å². The largest absolute Gasteiger partial charge is 0.338 e. The fraction of sp³-hybridized carbons (Fsp3) is 0.500. The average Bonchev–Trinajstić information content (AvgIpc) is 2.43. The summed E-state index contributed by atoms with van der Waals surface area (Å²) in [4.78, 5) is 23.4. The van der Waals surface area contributed by atoms with Crippen molar-refractivity contribution in [2.24, 2.45) is 11.8 Å². The molecule has 0 bridgehead atoms. The Hall–Kier alpha value is -2.05. The molecule has 1 fully saturated rings. The lowest BCUT2D eigenvalue weighted by Gasteiger charge is -2.35. The molecule has 1 aromatic carbocycles. The fourth-order valence-electron chi connectivity index (χ4n) is 2.48. The van der Waals surface area contributed by atoms with Crippen molar-refractivity contribution in [3.05, 3.63) is 39.4 Å². The molecule has 0 N–H and O–H groups in total. The summed E-state index contributed by atoms with van der Waals surface area (Å²) < 4.78 is 27.4. The normalized spacial score (nSPS) is 22.2. The Morgan fingerprint density at radius 2 is 2.00 bits per heavy atom. The smallest absolute Gasteiger partial charge is 0.308 e. The van der Waals surface area contributed by atoms with Crippen LogP contribution in [0.25, 0.3) is 0 Å². The van der Waals surface area contributed by atoms with Crippen LogP contribution < -0.4 is 0 Å². The first-order chi connectivity index (χ1) is 9.81. The molecule has 2 unspecified atom stereocenters. The number of nitro benzene ring substituents is 1. The van der Waals surface area contributed by atoms with Gasteiger partial charge in [0, 0.05) is 13.1 Å². The molecule has 0 aliphatic carbocycles. The Balaban J connectivity index is 2.33. The van der Waals surface area contributed by atoms with E-state index in [1.807, 2.05) is 6.92 Å². The highest BCUT2D eigenvalue weighted by molar-refractivity contribution is 5.95. The molecule has 0 aromatic heterocycles. The van der Waals surface area contributed by atoms with Crippen molar-refractivity contribution < 1.29 is 18.5 Å². The maximum Gasteiger partial charge on any atom is 0.308 e. The topological polar surface area (TPSA) is 63.5 Å². The molecule has 1 heterocycles. The summed E-state index contributed by atoms with van der Waals surface area (Å²) in [7, 11) is 0. The molecule has 114 valence electrons. The van der Waals surface area contributed by atoms with E-state index >= 15 is 0 Å². The van der Waals surface area contributed by atoms with Gasteiger partial charge in [-0.15, -0.1) is 0 Å². The van der Waals surface area contributed by atoms with E-state index in [1.165, 1.54) is 4.90 Å². The first-order valence-corrected chi connectivity index (χ1v) is 6.74. The van der Waals surface area contributed by atoms with Crippen molar-refractivity contribution in [3.8, 4) is 0 Å². The lowest BCUT2D eigenvalue weighted by Crippen LogP contribution is -2.42. The lowest BCUT2D eigenvalue weighted by molar-refractivity contribution is -0.387. The van der Waals surface area contributed by atoms with Gasteiger partial charge >= 0.3 is 5.69 Å². The van der Waals surface area contributed by atoms with E-state index < -0.39 is 33.7 Å². The van der Waals surface area contributed by atoms with Gasteiger partial charge in [0.25, 0.3) is 5.91 Å². The molecule has 7 heteroatoms. The molecular formula is C14H16F2N2O3. The standard InChI is InChI=1S/C14H16F2N2O3/c1-8-3-4-17(7-9(8)2)14(19)11-5-10(15)6-12(13(11)16)18(20)21/h5-6,8-9H,3-4,7H2,1-2H3. The number of rotatable bonds is 2. The maximum absolute atomic E-state index is 14.0. The Kier molecular flexibility index (Phi) is 4.20. The number of amides is 1. The van der Waals surface area contributed by atoms with Crippen LogP contribution in [0.3, 0.4) is 0 Å². The zero-order valence-corrected chi connectivity index (χ0v) is 11.8. The summed E-state index contributed by atoms with van der Waals surface area (Å²) in [6.07, 6.45) is 0.770. The van der Waals surface area contributed by atoms with Crippen LogP contribution in [0.2, 0.25) is 0 Å². The molecule has 1 amide bonds. The highest BCUT2D eigenvalue weighted by Crippen LogP contribution is 2.27. The molecule has 5 nitrogen and oxygen atoms in total. The minimum absolute atomic E-state index is 0.245. The van der Waals surface area contributed by atoms with Crippen LogP contribution in [0, 0.1) is 33.6 Å². The second-order valence-electron chi connectivity index (χ2n) is 5.54. The number of benzene rings is 1. The molecule has 2 atom stereocenters. The highest BCUT2D eigenvalue weighted by Gasteiger charge is 2.31. The highest BCUT2D eigenvalue weighted by atomic mass is 19.1. The van der Waals surface area contributed by atoms with E-state index in [0.29, 0.717) is 31.1 Å². The molecule has 1 aliphatic heterocycles. The quantitative estimate of drug-likeness (QED) is 0.623. The first-order valence-electron chi connectivity index (χ1n) is 6.74. The lowest BCUT2D eigenvalue weighted by atomic mass is 9.88. The number of nitro groups is 1. The summed E-state index contributed by atoms with van der Waals surface area (Å²) in [5.41, 5.74) is -1.60. The SMILES string of the molecule is CC1CCN(C(=O)c2cc(F)cc([N+](=O)[O-])c2F)CC1C. The van der Waals surface area contributed by atoms with Crippen molar-refractivity contribution in [1.82, 2.24) is 4.90 Å². The molecule has 1 aliphatic rings. The van der Waals surface area contributed by atoms with E-state index in [4.69, 9.17) is 0 Å². The Morgan fingerprint density at radius 1 is 1.33 bits per heavy atom. The van der Waals surface area contributed by atoms with E-state index in [2.05, 4.69) is 6.92 Å². The van der Waals surface area contributed by atoms with Crippen LogP contribution in [-0.2, 0) is 0 Å². The van der Waals surface area contributed by atoms with E-state index in [1.54, 1.807) is 0 Å². The fourth-order valence-corrected chi connectivity index (χ4v) is 2.48. The maximum atomic E-state index is 14.0. The number of hydrogen-bond donors (Lipinski definition) is 0. The van der Waals surface area contributed by atoms with E-state index in [0.717, 1.165) is 6.42 Å². The number of carbonyl (C=O) groups is 1. The number of likely N-dealkylation sites (tertiary alicyclic amines) is 1. The zero-order valence-electron chi connectivity index (χ0n) is 11.8. The molecular weight excluding hydrogens is 282 g/mol. The molecule has 21 heavy (non-hydrogen) atoms. The number of nitrogens with zero attached hydrogens (tertiary/aromatic N) is 2. The summed E-state index contributed by atoms with van der Waals surface area (Å²) in [6.45, 7) is 4.92. The third kappa shape index (κ3) is 3.01. The monoisotopic (exact) mass is 298 g/mol. The van der Waals surface area contributed by atoms with Gasteiger partial charge in [0.1, 0.15) is 5.82 Å². The Labute approximate surface area is 120 Å². The summed E-state index contributed by atoms with van der Waals surface area (Å²) in [5.74, 6) is -2.29. The van der Waals surface area contributed by atoms with Gasteiger partial charge in [-0.1, -0.05) is 13.8 Å². The summed E-state index contributed by atoms with van der Waals surface area (Å²) in [6, 6.07) is 1.19. The van der Waals surface area contributed by atoms with Gasteiger partial charge in [0.15, 0.2) is 0 Å². The second kappa shape index (κ2) is 5.75. The zero-order chi connectivity index (χ0) is 15.7. The van der Waals surface area contributed by atoms with Gasteiger partial charge in [-0.3, -0.25) is 14.9 Å². The van der Waals surface area contributed by atoms with Crippen molar-refractivity contribution in [3.63, 3.8) is 0 Å². The predicted octanol–water partition coefficient (Wildman–Crippen LogP) is 2.99. The minimum Gasteiger partial charge on any atom is -0.338 e. The predicted molar refractivity (Wildman–Crippen MR) is 71.9 cm³/mol. The van der Waals surface area contributed by atoms with Gasteiger partial charge in [-0.05, 0) is 24.3 Å². The van der Waals surface area contributed by atoms with E-state index in [9.17, 15) is 23.7 Å². The van der Waals surface area contributed by atoms with Crippen molar-refractivity contribution in [2.75, 3.05) is 13.1 Å². The van der Waals surface area contributed by atoms with Gasteiger partial charge in [-0.2, -0.15) is 4.39 Å². The van der Waals surface area contributed by atoms with Gasteiger partial charge in [0.05, 0.1) is 16.6 Å². The number of halogens is 2. The van der Waals surface area contributed by atoms with Crippen LogP contribution in [0.15, 0.2) is 12.1 Å². The van der Waals surface area contributed by atoms with Crippen molar-refractivity contribution >= 4 is 11.6 Å². The number of piperidine rings is 1. The molecule has 1 aromatic rings. The molecule has 2 rings (SSSR count). The third-order valence-electron chi connectivity index (χ3n) is 4.07. The van der Waals surface area contributed by atoms with Crippen LogP contribution in [-0.4, -0.2) is 28.8 Å². The van der Waals surface area contributed by atoms with Gasteiger partial charge in [-0.25, -0.2) is 4.39 Å². The molecule has 0 spiro atoms. The minimum atomic E-state index is -1.28. The average molecular weight is 298 g/mol. The molecule has 1 saturated heterocycles. The van der Waals surface area contributed by atoms with Crippen LogP contribution in [0.1, 0.15) is 30.6 Å². The first kappa shape index (κ1) is 15.3. The Morgan fingerprint density at radius 3 is 2.57 bits per heavy atom. The van der Waals surface area contributed by atoms with Crippen LogP contribution in [0.4, 0.5) is 14.5 Å². The van der Waals surface area contributed by atoms with Crippen molar-refractivity contribution in [2.45, 2.75) is 20.3 Å². The van der Waals surface area contributed by atoms with Gasteiger partial charge in [0.2, 0.25) is 5.82 Å². The number of hydrogen-bond acceptors (Lipinski definition) is 3. The molecule has 0 saturated carbocycles. The number of carbonyl (C=O) groups excluding carboxylic acids is 1. The second-order valence-corrected chi connectivity index (χ2v) is 5.54.